The number of hydrogen-bond donors (Lipinski definition) is 2. The van der Waals surface area contributed by atoms with Crippen molar-refractivity contribution in [2.45, 2.75) is 52.0 Å². The highest BCUT2D eigenvalue weighted by Crippen LogP contribution is 2.49. The van der Waals surface area contributed by atoms with Crippen LogP contribution in [0.15, 0.2) is 39.9 Å². The normalized spacial score (nSPS) is 22.4. The number of benzene rings is 1. The first-order valence-corrected chi connectivity index (χ1v) is 10.9. The molecular formula is C23H30N4O3. The molecule has 0 spiro atoms. The topological polar surface area (TPSA) is 101 Å². The van der Waals surface area contributed by atoms with Gasteiger partial charge in [-0.25, -0.2) is 4.79 Å². The Labute approximate surface area is 175 Å². The van der Waals surface area contributed by atoms with Gasteiger partial charge in [0.1, 0.15) is 5.82 Å². The zero-order valence-electron chi connectivity index (χ0n) is 17.5. The lowest BCUT2D eigenvalue weighted by Crippen LogP contribution is -2.42. The molecule has 30 heavy (non-hydrogen) atoms. The molecule has 160 valence electrons. The van der Waals surface area contributed by atoms with Gasteiger partial charge in [0.2, 0.25) is 5.91 Å². The molecule has 1 aromatic carbocycles. The molecule has 0 unspecified atom stereocenters. The Balaban J connectivity index is 1.65. The fourth-order valence-corrected chi connectivity index (χ4v) is 5.31. The van der Waals surface area contributed by atoms with Crippen LogP contribution in [0.5, 0.6) is 0 Å². The average molecular weight is 411 g/mol. The van der Waals surface area contributed by atoms with Crippen LogP contribution < -0.4 is 21.9 Å². The van der Waals surface area contributed by atoms with Crippen LogP contribution in [0.25, 0.3) is 0 Å². The summed E-state index contributed by atoms with van der Waals surface area (Å²) in [6.45, 7) is 2.59. The smallest absolute Gasteiger partial charge is 0.330 e. The summed E-state index contributed by atoms with van der Waals surface area (Å²) in [6, 6.07) is 9.43. The molecule has 3 N–H and O–H groups in total. The largest absolute Gasteiger partial charge is 0.383 e. The van der Waals surface area contributed by atoms with Gasteiger partial charge in [0.15, 0.2) is 5.69 Å². The van der Waals surface area contributed by atoms with Crippen molar-refractivity contribution in [2.24, 2.45) is 17.8 Å². The minimum atomic E-state index is -0.600. The lowest BCUT2D eigenvalue weighted by Gasteiger charge is -2.27. The van der Waals surface area contributed by atoms with Crippen molar-refractivity contribution < 1.29 is 4.79 Å². The van der Waals surface area contributed by atoms with E-state index in [0.717, 1.165) is 17.9 Å². The van der Waals surface area contributed by atoms with Gasteiger partial charge >= 0.3 is 5.69 Å². The van der Waals surface area contributed by atoms with Crippen molar-refractivity contribution in [1.82, 2.24) is 9.55 Å². The number of rotatable bonds is 7. The van der Waals surface area contributed by atoms with E-state index < -0.39 is 11.2 Å². The van der Waals surface area contributed by atoms with Crippen LogP contribution in [0.3, 0.4) is 0 Å². The number of aromatic nitrogens is 2. The number of H-pyrrole nitrogens is 1. The number of amides is 1. The van der Waals surface area contributed by atoms with Crippen molar-refractivity contribution in [3.63, 3.8) is 0 Å². The Morgan fingerprint density at radius 1 is 1.20 bits per heavy atom. The van der Waals surface area contributed by atoms with E-state index in [1.54, 1.807) is 0 Å². The van der Waals surface area contributed by atoms with Gasteiger partial charge in [-0.2, -0.15) is 0 Å². The number of carbonyl (C=O) groups excluding carboxylic acids is 1. The first kappa shape index (κ1) is 20.4. The number of nitrogens with one attached hydrogen (secondary N) is 1. The Bertz CT molecular complexity index is 1030. The number of aromatic amines is 1. The first-order valence-electron chi connectivity index (χ1n) is 10.9. The molecule has 1 aromatic heterocycles. The molecule has 0 radical (unpaired) electrons. The van der Waals surface area contributed by atoms with Crippen molar-refractivity contribution >= 4 is 17.4 Å². The number of nitrogen functional groups attached to an aromatic ring is 1. The molecule has 2 saturated carbocycles. The summed E-state index contributed by atoms with van der Waals surface area (Å²) in [4.78, 5) is 42.3. The fraction of sp³-hybridized carbons (Fsp3) is 0.522. The van der Waals surface area contributed by atoms with Gasteiger partial charge in [-0.1, -0.05) is 43.7 Å². The van der Waals surface area contributed by atoms with Crippen molar-refractivity contribution in [2.75, 3.05) is 17.2 Å². The minimum absolute atomic E-state index is 0.0438. The summed E-state index contributed by atoms with van der Waals surface area (Å²) in [5.74, 6) is 1.75. The molecule has 0 aliphatic heterocycles. The third-order valence-corrected chi connectivity index (χ3v) is 6.74. The second-order valence-electron chi connectivity index (χ2n) is 8.75. The molecule has 7 heteroatoms. The van der Waals surface area contributed by atoms with Crippen LogP contribution in [0.2, 0.25) is 0 Å². The second-order valence-corrected chi connectivity index (χ2v) is 8.75. The molecule has 4 rings (SSSR count). The predicted molar refractivity (Wildman–Crippen MR) is 117 cm³/mol. The maximum atomic E-state index is 13.3. The third kappa shape index (κ3) is 3.93. The van der Waals surface area contributed by atoms with E-state index in [0.29, 0.717) is 31.2 Å². The molecule has 2 aromatic rings. The lowest BCUT2D eigenvalue weighted by molar-refractivity contribution is -0.119. The molecule has 1 amide bonds. The van der Waals surface area contributed by atoms with Gasteiger partial charge in [0.05, 0.1) is 6.54 Å². The average Bonchev–Trinajstić information content (AvgIpc) is 3.34. The van der Waals surface area contributed by atoms with Gasteiger partial charge in [-0.3, -0.25) is 19.1 Å². The fourth-order valence-electron chi connectivity index (χ4n) is 5.31. The Hall–Kier alpha value is -2.83. The molecule has 2 bridgehead atoms. The van der Waals surface area contributed by atoms with Crippen molar-refractivity contribution in [3.05, 3.63) is 56.7 Å². The first-order chi connectivity index (χ1) is 14.5. The highest BCUT2D eigenvalue weighted by molar-refractivity contribution is 5.95. The van der Waals surface area contributed by atoms with E-state index in [4.69, 9.17) is 5.73 Å². The molecule has 2 aliphatic rings. The van der Waals surface area contributed by atoms with Crippen LogP contribution in [-0.2, 0) is 11.3 Å². The molecule has 2 fully saturated rings. The summed E-state index contributed by atoms with van der Waals surface area (Å²) in [5, 5.41) is 0. The highest BCUT2D eigenvalue weighted by atomic mass is 16.2. The quantitative estimate of drug-likeness (QED) is 0.733. The summed E-state index contributed by atoms with van der Waals surface area (Å²) >= 11 is 0. The Kier molecular flexibility index (Phi) is 5.79. The zero-order chi connectivity index (χ0) is 21.3. The van der Waals surface area contributed by atoms with Crippen LogP contribution >= 0.6 is 0 Å². The molecule has 1 heterocycles. The van der Waals surface area contributed by atoms with Gasteiger partial charge in [0, 0.05) is 13.0 Å². The molecule has 0 saturated heterocycles. The number of fused-ring (bicyclic) bond motifs is 2. The van der Waals surface area contributed by atoms with Crippen LogP contribution in [0.4, 0.5) is 11.5 Å². The Morgan fingerprint density at radius 3 is 2.60 bits per heavy atom. The van der Waals surface area contributed by atoms with Crippen molar-refractivity contribution in [3.8, 4) is 0 Å². The third-order valence-electron chi connectivity index (χ3n) is 6.74. The SMILES string of the molecule is CCCN(C(=O)C[C@@H]1C[C@H]2CC[C@@H]1C2)c1c(N)n(Cc2ccccc2)c(=O)[nH]c1=O. The monoisotopic (exact) mass is 410 g/mol. The lowest BCUT2D eigenvalue weighted by atomic mass is 9.86. The van der Waals surface area contributed by atoms with E-state index in [9.17, 15) is 14.4 Å². The van der Waals surface area contributed by atoms with E-state index in [1.807, 2.05) is 37.3 Å². The standard InChI is InChI=1S/C23H30N4O3/c1-2-10-26(19(28)13-18-12-16-8-9-17(18)11-16)20-21(24)27(23(30)25-22(20)29)14-15-6-4-3-5-7-15/h3-7,16-18H,2,8-14,24H2,1H3,(H,25,29,30)/t16-,17+,18-/m0/s1. The van der Waals surface area contributed by atoms with Gasteiger partial charge in [-0.05, 0) is 49.0 Å². The number of anilines is 2. The van der Waals surface area contributed by atoms with E-state index in [-0.39, 0.29) is 24.0 Å². The summed E-state index contributed by atoms with van der Waals surface area (Å²) in [7, 11) is 0. The van der Waals surface area contributed by atoms with Crippen LogP contribution in [0.1, 0.15) is 51.0 Å². The number of carbonyl (C=O) groups is 1. The van der Waals surface area contributed by atoms with Crippen molar-refractivity contribution in [1.29, 1.82) is 0 Å². The van der Waals surface area contributed by atoms with Gasteiger partial charge in [0.25, 0.3) is 5.56 Å². The molecule has 2 aliphatic carbocycles. The number of nitrogens with zero attached hydrogens (tertiary/aromatic N) is 2. The summed E-state index contributed by atoms with van der Waals surface area (Å²) < 4.78 is 1.33. The second kappa shape index (κ2) is 8.50. The highest BCUT2D eigenvalue weighted by Gasteiger charge is 2.41. The number of hydrogen-bond acceptors (Lipinski definition) is 4. The summed E-state index contributed by atoms with van der Waals surface area (Å²) in [6.07, 6.45) is 5.97. The summed E-state index contributed by atoms with van der Waals surface area (Å²) in [5.41, 5.74) is 6.14. The maximum Gasteiger partial charge on any atom is 0.330 e. The van der Waals surface area contributed by atoms with E-state index in [1.165, 1.54) is 28.7 Å². The molecular weight excluding hydrogens is 380 g/mol. The van der Waals surface area contributed by atoms with Crippen LogP contribution in [0, 0.1) is 17.8 Å². The Morgan fingerprint density at radius 2 is 1.97 bits per heavy atom. The predicted octanol–water partition coefficient (Wildman–Crippen LogP) is 2.74. The molecule has 3 atom stereocenters. The van der Waals surface area contributed by atoms with Crippen LogP contribution in [-0.4, -0.2) is 22.0 Å². The molecule has 7 nitrogen and oxygen atoms in total. The van der Waals surface area contributed by atoms with Gasteiger partial charge in [-0.15, -0.1) is 0 Å². The number of nitrogens with two attached hydrogens (primary N) is 1. The van der Waals surface area contributed by atoms with E-state index in [2.05, 4.69) is 4.98 Å². The minimum Gasteiger partial charge on any atom is -0.383 e. The van der Waals surface area contributed by atoms with Gasteiger partial charge < -0.3 is 10.6 Å². The van der Waals surface area contributed by atoms with E-state index >= 15 is 0 Å². The zero-order valence-corrected chi connectivity index (χ0v) is 17.5. The maximum absolute atomic E-state index is 13.3.